The molecule has 0 aliphatic carbocycles. The van der Waals surface area contributed by atoms with Crippen molar-refractivity contribution in [3.8, 4) is 11.1 Å². The number of para-hydroxylation sites is 1. The van der Waals surface area contributed by atoms with Gasteiger partial charge in [-0.05, 0) is 28.8 Å². The van der Waals surface area contributed by atoms with E-state index in [1.54, 1.807) is 34.9 Å². The van der Waals surface area contributed by atoms with Crippen LogP contribution in [0.4, 0.5) is 10.8 Å². The molecule has 2 heterocycles. The summed E-state index contributed by atoms with van der Waals surface area (Å²) >= 11 is 1.01. The van der Waals surface area contributed by atoms with Crippen LogP contribution in [-0.4, -0.2) is 35.3 Å². The first-order valence-corrected chi connectivity index (χ1v) is 13.9. The van der Waals surface area contributed by atoms with Crippen molar-refractivity contribution in [1.29, 1.82) is 0 Å². The number of sulfonamides is 1. The van der Waals surface area contributed by atoms with E-state index in [1.165, 1.54) is 6.20 Å². The van der Waals surface area contributed by atoms with Crippen LogP contribution >= 0.6 is 11.3 Å². The molecule has 0 aliphatic rings. The molecule has 0 saturated carbocycles. The van der Waals surface area contributed by atoms with Crippen LogP contribution in [0.15, 0.2) is 95.9 Å². The highest BCUT2D eigenvalue weighted by Crippen LogP contribution is 2.35. The maximum atomic E-state index is 13.1. The van der Waals surface area contributed by atoms with E-state index in [-0.39, 0.29) is 17.2 Å². The summed E-state index contributed by atoms with van der Waals surface area (Å²) in [6, 6.07) is 25.9. The summed E-state index contributed by atoms with van der Waals surface area (Å²) in [5.41, 5.74) is 1.90. The number of carboxylic acids is 1. The Balaban J connectivity index is 1.72. The van der Waals surface area contributed by atoms with Gasteiger partial charge in [0.1, 0.15) is 15.9 Å². The van der Waals surface area contributed by atoms with E-state index < -0.39 is 27.0 Å². The molecule has 5 rings (SSSR count). The first-order valence-electron chi connectivity index (χ1n) is 11.2. The Morgan fingerprint density at radius 1 is 0.973 bits per heavy atom. The Morgan fingerprint density at radius 2 is 1.59 bits per heavy atom. The van der Waals surface area contributed by atoms with Crippen molar-refractivity contribution < 1.29 is 18.3 Å². The summed E-state index contributed by atoms with van der Waals surface area (Å²) in [5, 5.41) is 9.78. The smallest absolute Gasteiger partial charge is 0.341 e. The summed E-state index contributed by atoms with van der Waals surface area (Å²) in [4.78, 5) is 29.7. The number of aromatic carboxylic acids is 1. The Labute approximate surface area is 216 Å². The number of hydrogen-bond acceptors (Lipinski definition) is 6. The second-order valence-corrected chi connectivity index (χ2v) is 11.1. The van der Waals surface area contributed by atoms with Gasteiger partial charge in [0.25, 0.3) is 0 Å². The SMILES string of the molecule is CS(=O)(=O)N(c1ccccc1)c1nc2c(=O)c(C(=O)O)cn(Cc3ccccc3-c3ccccc3)c2s1. The fraction of sp³-hybridized carbons (Fsp3) is 0.0741. The first kappa shape index (κ1) is 24.4. The number of benzene rings is 3. The second kappa shape index (κ2) is 9.64. The quantitative estimate of drug-likeness (QED) is 0.318. The number of rotatable bonds is 7. The molecule has 3 aromatic carbocycles. The molecule has 5 aromatic rings. The third kappa shape index (κ3) is 4.76. The Kier molecular flexibility index (Phi) is 6.36. The molecule has 0 atom stereocenters. The zero-order chi connectivity index (χ0) is 26.2. The molecule has 0 spiro atoms. The number of thiazole rings is 1. The molecule has 0 aliphatic heterocycles. The molecule has 8 nitrogen and oxygen atoms in total. The molecule has 0 bridgehead atoms. The standard InChI is InChI=1S/C27H21N3O5S2/c1-37(34,35)30(20-13-6-3-7-14-20)27-28-23-24(31)22(26(32)33)17-29(25(23)36-27)16-19-12-8-9-15-21(19)18-10-4-2-5-11-18/h2-15,17H,16H2,1H3,(H,32,33). The third-order valence-corrected chi connectivity index (χ3v) is 8.01. The van der Waals surface area contributed by atoms with Crippen molar-refractivity contribution in [3.63, 3.8) is 0 Å². The van der Waals surface area contributed by atoms with Gasteiger partial charge in [-0.25, -0.2) is 22.5 Å². The number of carboxylic acid groups (broad SMARTS) is 1. The summed E-state index contributed by atoms with van der Waals surface area (Å²) in [6.07, 6.45) is 2.35. The summed E-state index contributed by atoms with van der Waals surface area (Å²) in [5.74, 6) is -1.38. The third-order valence-electron chi connectivity index (χ3n) is 5.77. The average Bonchev–Trinajstić information content (AvgIpc) is 3.31. The fourth-order valence-corrected chi connectivity index (χ4v) is 6.46. The zero-order valence-corrected chi connectivity index (χ0v) is 21.2. The normalized spacial score (nSPS) is 11.5. The zero-order valence-electron chi connectivity index (χ0n) is 19.6. The number of anilines is 2. The van der Waals surface area contributed by atoms with Gasteiger partial charge >= 0.3 is 5.97 Å². The van der Waals surface area contributed by atoms with Crippen LogP contribution in [0.2, 0.25) is 0 Å². The maximum Gasteiger partial charge on any atom is 0.341 e. The lowest BCUT2D eigenvalue weighted by Gasteiger charge is -2.18. The van der Waals surface area contributed by atoms with Gasteiger partial charge in [-0.2, -0.15) is 0 Å². The first-order chi connectivity index (χ1) is 17.7. The van der Waals surface area contributed by atoms with Gasteiger partial charge < -0.3 is 9.67 Å². The minimum atomic E-state index is -3.82. The van der Waals surface area contributed by atoms with E-state index >= 15 is 0 Å². The van der Waals surface area contributed by atoms with Crippen molar-refractivity contribution in [3.05, 3.63) is 112 Å². The van der Waals surface area contributed by atoms with Gasteiger partial charge in [-0.1, -0.05) is 84.1 Å². The van der Waals surface area contributed by atoms with Crippen LogP contribution in [-0.2, 0) is 16.6 Å². The molecule has 0 fully saturated rings. The number of hydrogen-bond donors (Lipinski definition) is 1. The van der Waals surface area contributed by atoms with Crippen LogP contribution in [0.1, 0.15) is 15.9 Å². The van der Waals surface area contributed by atoms with Crippen molar-refractivity contribution >= 4 is 48.5 Å². The lowest BCUT2D eigenvalue weighted by Crippen LogP contribution is -2.24. The van der Waals surface area contributed by atoms with Gasteiger partial charge in [-0.15, -0.1) is 0 Å². The van der Waals surface area contributed by atoms with E-state index in [4.69, 9.17) is 0 Å². The van der Waals surface area contributed by atoms with E-state index in [1.807, 2.05) is 54.6 Å². The Bertz CT molecular complexity index is 1780. The van der Waals surface area contributed by atoms with E-state index in [2.05, 4.69) is 4.98 Å². The van der Waals surface area contributed by atoms with E-state index in [0.29, 0.717) is 10.5 Å². The number of aromatic nitrogens is 2. The second-order valence-electron chi connectivity index (χ2n) is 8.34. The van der Waals surface area contributed by atoms with Gasteiger partial charge in [0, 0.05) is 12.7 Å². The predicted molar refractivity (Wildman–Crippen MR) is 145 cm³/mol. The molecular weight excluding hydrogens is 510 g/mol. The number of fused-ring (bicyclic) bond motifs is 1. The van der Waals surface area contributed by atoms with Gasteiger partial charge in [0.05, 0.1) is 11.9 Å². The monoisotopic (exact) mass is 531 g/mol. The van der Waals surface area contributed by atoms with Crippen molar-refractivity contribution in [2.75, 3.05) is 10.6 Å². The van der Waals surface area contributed by atoms with Gasteiger partial charge in [0.2, 0.25) is 20.6 Å². The lowest BCUT2D eigenvalue weighted by molar-refractivity contribution is 0.0694. The summed E-state index contributed by atoms with van der Waals surface area (Å²) in [7, 11) is -3.82. The summed E-state index contributed by atoms with van der Waals surface area (Å²) < 4.78 is 28.2. The van der Waals surface area contributed by atoms with E-state index in [0.717, 1.165) is 38.6 Å². The molecule has 0 radical (unpaired) electrons. The van der Waals surface area contributed by atoms with Crippen molar-refractivity contribution in [1.82, 2.24) is 9.55 Å². The topological polar surface area (TPSA) is 110 Å². The van der Waals surface area contributed by atoms with Crippen LogP contribution in [0, 0.1) is 0 Å². The molecule has 186 valence electrons. The molecule has 0 unspecified atom stereocenters. The summed E-state index contributed by atoms with van der Waals surface area (Å²) in [6.45, 7) is 0.244. The highest BCUT2D eigenvalue weighted by molar-refractivity contribution is 7.92. The van der Waals surface area contributed by atoms with Crippen molar-refractivity contribution in [2.24, 2.45) is 0 Å². The average molecular weight is 532 g/mol. The molecule has 1 N–H and O–H groups in total. The molecule has 10 heteroatoms. The predicted octanol–water partition coefficient (Wildman–Crippen LogP) is 4.97. The molecular formula is C27H21N3O5S2. The number of nitrogens with zero attached hydrogens (tertiary/aromatic N) is 3. The lowest BCUT2D eigenvalue weighted by atomic mass is 9.99. The Morgan fingerprint density at radius 3 is 2.24 bits per heavy atom. The molecule has 0 amide bonds. The number of carbonyl (C=O) groups is 1. The van der Waals surface area contributed by atoms with E-state index in [9.17, 15) is 23.1 Å². The minimum absolute atomic E-state index is 0.0495. The fourth-order valence-electron chi connectivity index (χ4n) is 4.15. The van der Waals surface area contributed by atoms with Crippen LogP contribution in [0.5, 0.6) is 0 Å². The van der Waals surface area contributed by atoms with Gasteiger partial charge in [0.15, 0.2) is 0 Å². The molecule has 37 heavy (non-hydrogen) atoms. The minimum Gasteiger partial charge on any atom is -0.477 e. The molecule has 2 aromatic heterocycles. The largest absolute Gasteiger partial charge is 0.477 e. The number of pyridine rings is 1. The highest BCUT2D eigenvalue weighted by atomic mass is 32.2. The molecule has 0 saturated heterocycles. The Hall–Kier alpha value is -4.28. The van der Waals surface area contributed by atoms with Crippen LogP contribution in [0.25, 0.3) is 21.5 Å². The maximum absolute atomic E-state index is 13.1. The highest BCUT2D eigenvalue weighted by Gasteiger charge is 2.26. The van der Waals surface area contributed by atoms with Crippen LogP contribution in [0.3, 0.4) is 0 Å². The van der Waals surface area contributed by atoms with Gasteiger partial charge in [-0.3, -0.25) is 4.79 Å². The van der Waals surface area contributed by atoms with Crippen LogP contribution < -0.4 is 9.73 Å². The van der Waals surface area contributed by atoms with Crippen molar-refractivity contribution in [2.45, 2.75) is 6.54 Å².